The molecule has 0 aromatic rings. The molecule has 17 heavy (non-hydrogen) atoms. The minimum atomic E-state index is -0.991. The number of carboxylic acids is 2. The van der Waals surface area contributed by atoms with Crippen LogP contribution in [0.1, 0.15) is 39.0 Å². The Morgan fingerprint density at radius 1 is 1.12 bits per heavy atom. The summed E-state index contributed by atoms with van der Waals surface area (Å²) in [6.07, 6.45) is 1.85. The smallest absolute Gasteiger partial charge is 0.303 e. The lowest BCUT2D eigenvalue weighted by Gasteiger charge is -2.29. The molecule has 0 rings (SSSR count). The fourth-order valence-electron chi connectivity index (χ4n) is 1.79. The largest absolute Gasteiger partial charge is 0.481 e. The molecule has 0 fully saturated rings. The number of rotatable bonds is 9. The molecule has 0 heterocycles. The monoisotopic (exact) mass is 242 g/mol. The first-order chi connectivity index (χ1) is 7.84. The maximum atomic E-state index is 11.6. The Balaban J connectivity index is 4.83. The first kappa shape index (κ1) is 15.3. The highest BCUT2D eigenvalue weighted by Crippen LogP contribution is 2.35. The summed E-state index contributed by atoms with van der Waals surface area (Å²) < 4.78 is 0. The van der Waals surface area contributed by atoms with Crippen LogP contribution in [-0.2, 0) is 14.4 Å². The van der Waals surface area contributed by atoms with Crippen LogP contribution < -0.4 is 0 Å². The van der Waals surface area contributed by atoms with Crippen LogP contribution in [0, 0.1) is 5.41 Å². The van der Waals surface area contributed by atoms with E-state index in [2.05, 4.69) is 6.58 Å². The number of hydrogen-bond acceptors (Lipinski definition) is 3. The molecule has 0 aromatic heterocycles. The summed E-state index contributed by atoms with van der Waals surface area (Å²) in [5.41, 5.74) is -0.904. The van der Waals surface area contributed by atoms with E-state index in [1.54, 1.807) is 0 Å². The zero-order valence-corrected chi connectivity index (χ0v) is 9.94. The Kier molecular flexibility index (Phi) is 6.17. The third-order valence-corrected chi connectivity index (χ3v) is 2.92. The van der Waals surface area contributed by atoms with Gasteiger partial charge in [0.25, 0.3) is 0 Å². The summed E-state index contributed by atoms with van der Waals surface area (Å²) in [7, 11) is 0. The van der Waals surface area contributed by atoms with Gasteiger partial charge in [-0.05, 0) is 26.2 Å². The van der Waals surface area contributed by atoms with Gasteiger partial charge in [-0.2, -0.15) is 0 Å². The standard InChI is InChI=1S/C12H18O5/c1-3-6-12(9(2)13,7-4-10(14)15)8-5-11(16)17/h3H,1,4-8H2,2H3,(H,14,15)(H,16,17). The van der Waals surface area contributed by atoms with Crippen molar-refractivity contribution in [3.8, 4) is 0 Å². The summed E-state index contributed by atoms with van der Waals surface area (Å²) >= 11 is 0. The van der Waals surface area contributed by atoms with Gasteiger partial charge in [-0.3, -0.25) is 14.4 Å². The van der Waals surface area contributed by atoms with Gasteiger partial charge in [-0.25, -0.2) is 0 Å². The van der Waals surface area contributed by atoms with Crippen molar-refractivity contribution in [1.29, 1.82) is 0 Å². The van der Waals surface area contributed by atoms with E-state index in [1.165, 1.54) is 13.0 Å². The number of carboxylic acid groups (broad SMARTS) is 2. The molecule has 2 N–H and O–H groups in total. The summed E-state index contributed by atoms with van der Waals surface area (Å²) in [5.74, 6) is -2.16. The maximum Gasteiger partial charge on any atom is 0.303 e. The topological polar surface area (TPSA) is 91.7 Å². The molecular formula is C12H18O5. The zero-order valence-electron chi connectivity index (χ0n) is 9.94. The van der Waals surface area contributed by atoms with Crippen molar-refractivity contribution in [3.05, 3.63) is 12.7 Å². The first-order valence-corrected chi connectivity index (χ1v) is 5.39. The van der Waals surface area contributed by atoms with Gasteiger partial charge in [-0.1, -0.05) is 6.08 Å². The molecule has 0 aromatic carbocycles. The van der Waals surface area contributed by atoms with Gasteiger partial charge in [0.1, 0.15) is 5.78 Å². The van der Waals surface area contributed by atoms with Crippen molar-refractivity contribution in [2.45, 2.75) is 39.0 Å². The van der Waals surface area contributed by atoms with Crippen molar-refractivity contribution in [1.82, 2.24) is 0 Å². The lowest BCUT2D eigenvalue weighted by molar-refractivity contribution is -0.139. The Morgan fingerprint density at radius 3 is 1.76 bits per heavy atom. The molecule has 5 heteroatoms. The molecule has 0 aliphatic rings. The molecular weight excluding hydrogens is 224 g/mol. The average molecular weight is 242 g/mol. The molecule has 5 nitrogen and oxygen atoms in total. The van der Waals surface area contributed by atoms with Gasteiger partial charge in [-0.15, -0.1) is 6.58 Å². The van der Waals surface area contributed by atoms with Crippen LogP contribution in [0.5, 0.6) is 0 Å². The number of carbonyl (C=O) groups is 3. The summed E-state index contributed by atoms with van der Waals surface area (Å²) in [6, 6.07) is 0. The minimum Gasteiger partial charge on any atom is -0.481 e. The first-order valence-electron chi connectivity index (χ1n) is 5.39. The van der Waals surface area contributed by atoms with Crippen molar-refractivity contribution in [2.24, 2.45) is 5.41 Å². The van der Waals surface area contributed by atoms with Crippen molar-refractivity contribution in [3.63, 3.8) is 0 Å². The number of hydrogen-bond donors (Lipinski definition) is 2. The Labute approximate surface area is 100 Å². The molecule has 0 aliphatic carbocycles. The molecule has 0 saturated heterocycles. The fourth-order valence-corrected chi connectivity index (χ4v) is 1.79. The predicted octanol–water partition coefficient (Wildman–Crippen LogP) is 1.87. The van der Waals surface area contributed by atoms with E-state index in [1.807, 2.05) is 0 Å². The van der Waals surface area contributed by atoms with Gasteiger partial charge < -0.3 is 10.2 Å². The van der Waals surface area contributed by atoms with Crippen LogP contribution in [0.4, 0.5) is 0 Å². The number of Topliss-reactive ketones (excluding diaryl/α,β-unsaturated/α-hetero) is 1. The van der Waals surface area contributed by atoms with Crippen LogP contribution in [0.15, 0.2) is 12.7 Å². The van der Waals surface area contributed by atoms with Gasteiger partial charge in [0.15, 0.2) is 0 Å². The third kappa shape index (κ3) is 5.29. The van der Waals surface area contributed by atoms with Crippen LogP contribution in [0.2, 0.25) is 0 Å². The maximum absolute atomic E-state index is 11.6. The van der Waals surface area contributed by atoms with E-state index in [9.17, 15) is 14.4 Å². The van der Waals surface area contributed by atoms with Gasteiger partial charge in [0.2, 0.25) is 0 Å². The highest BCUT2D eigenvalue weighted by atomic mass is 16.4. The molecule has 0 atom stereocenters. The Hall–Kier alpha value is -1.65. The molecule has 96 valence electrons. The average Bonchev–Trinajstić information content (AvgIpc) is 2.21. The minimum absolute atomic E-state index is 0.146. The van der Waals surface area contributed by atoms with E-state index < -0.39 is 17.4 Å². The highest BCUT2D eigenvalue weighted by molar-refractivity contribution is 5.83. The summed E-state index contributed by atoms with van der Waals surface area (Å²) in [4.78, 5) is 32.8. The Bertz CT molecular complexity index is 301. The number of ketones is 1. The van der Waals surface area contributed by atoms with E-state index in [-0.39, 0.29) is 31.5 Å². The second-order valence-electron chi connectivity index (χ2n) is 4.12. The van der Waals surface area contributed by atoms with E-state index in [0.29, 0.717) is 6.42 Å². The van der Waals surface area contributed by atoms with Crippen LogP contribution in [0.3, 0.4) is 0 Å². The SMILES string of the molecule is C=CCC(CCC(=O)O)(CCC(=O)O)C(C)=O. The molecule has 0 aliphatic heterocycles. The molecule has 0 unspecified atom stereocenters. The normalized spacial score (nSPS) is 10.9. The highest BCUT2D eigenvalue weighted by Gasteiger charge is 2.34. The van der Waals surface area contributed by atoms with Gasteiger partial charge in [0, 0.05) is 18.3 Å². The fraction of sp³-hybridized carbons (Fsp3) is 0.583. The Morgan fingerprint density at radius 2 is 1.53 bits per heavy atom. The van der Waals surface area contributed by atoms with Crippen LogP contribution in [-0.4, -0.2) is 27.9 Å². The second kappa shape index (κ2) is 6.83. The van der Waals surface area contributed by atoms with E-state index >= 15 is 0 Å². The van der Waals surface area contributed by atoms with Crippen molar-refractivity contribution in [2.75, 3.05) is 0 Å². The third-order valence-electron chi connectivity index (χ3n) is 2.92. The summed E-state index contributed by atoms with van der Waals surface area (Å²) in [5, 5.41) is 17.3. The quantitative estimate of drug-likeness (QED) is 0.602. The van der Waals surface area contributed by atoms with Gasteiger partial charge in [0.05, 0.1) is 0 Å². The van der Waals surface area contributed by atoms with Crippen LogP contribution >= 0.6 is 0 Å². The zero-order chi connectivity index (χ0) is 13.5. The lowest BCUT2D eigenvalue weighted by Crippen LogP contribution is -2.30. The molecule has 0 amide bonds. The molecule has 0 saturated carbocycles. The van der Waals surface area contributed by atoms with E-state index in [0.717, 1.165) is 0 Å². The number of aliphatic carboxylic acids is 2. The lowest BCUT2D eigenvalue weighted by atomic mass is 9.73. The van der Waals surface area contributed by atoms with E-state index in [4.69, 9.17) is 10.2 Å². The predicted molar refractivity (Wildman–Crippen MR) is 61.7 cm³/mol. The van der Waals surface area contributed by atoms with Crippen molar-refractivity contribution >= 4 is 17.7 Å². The van der Waals surface area contributed by atoms with Gasteiger partial charge >= 0.3 is 11.9 Å². The molecule has 0 bridgehead atoms. The number of allylic oxidation sites excluding steroid dienone is 1. The molecule has 0 radical (unpaired) electrons. The number of carbonyl (C=O) groups excluding carboxylic acids is 1. The van der Waals surface area contributed by atoms with Crippen molar-refractivity contribution < 1.29 is 24.6 Å². The summed E-state index contributed by atoms with van der Waals surface area (Å²) in [6.45, 7) is 4.90. The molecule has 0 spiro atoms. The van der Waals surface area contributed by atoms with Crippen LogP contribution in [0.25, 0.3) is 0 Å². The second-order valence-corrected chi connectivity index (χ2v) is 4.12.